The smallest absolute Gasteiger partial charge is 0.339 e. The highest BCUT2D eigenvalue weighted by molar-refractivity contribution is 8.00. The van der Waals surface area contributed by atoms with Crippen molar-refractivity contribution in [2.24, 2.45) is 0 Å². The Hall–Kier alpha value is -2.84. The second-order valence-electron chi connectivity index (χ2n) is 6.98. The summed E-state index contributed by atoms with van der Waals surface area (Å²) >= 11 is 1.25. The van der Waals surface area contributed by atoms with E-state index < -0.39 is 5.97 Å². The first-order valence-corrected chi connectivity index (χ1v) is 11.1. The maximum atomic E-state index is 12.7. The number of para-hydroxylation sites is 1. The second-order valence-corrected chi connectivity index (χ2v) is 8.00. The Morgan fingerprint density at radius 2 is 1.87 bits per heavy atom. The summed E-state index contributed by atoms with van der Waals surface area (Å²) in [4.78, 5) is 39.5. The number of benzene rings is 2. The van der Waals surface area contributed by atoms with E-state index in [1.807, 2.05) is 24.3 Å². The van der Waals surface area contributed by atoms with Crippen molar-refractivity contribution in [2.75, 3.05) is 44.1 Å². The highest BCUT2D eigenvalue weighted by Gasteiger charge is 2.23. The molecule has 0 aromatic heterocycles. The van der Waals surface area contributed by atoms with Crippen molar-refractivity contribution < 1.29 is 23.9 Å². The molecule has 0 aliphatic carbocycles. The van der Waals surface area contributed by atoms with Gasteiger partial charge in [0.25, 0.3) is 5.91 Å². The van der Waals surface area contributed by atoms with Gasteiger partial charge in [0, 0.05) is 30.8 Å². The average molecular weight is 443 g/mol. The fourth-order valence-electron chi connectivity index (χ4n) is 3.32. The molecule has 2 aromatic carbocycles. The minimum absolute atomic E-state index is 0.149. The van der Waals surface area contributed by atoms with Crippen LogP contribution in [-0.4, -0.2) is 56.9 Å². The molecule has 0 saturated carbocycles. The zero-order valence-electron chi connectivity index (χ0n) is 17.5. The molecule has 1 aliphatic rings. The van der Waals surface area contributed by atoms with Gasteiger partial charge in [-0.1, -0.05) is 30.3 Å². The molecule has 0 unspecified atom stereocenters. The molecule has 8 heteroatoms. The van der Waals surface area contributed by atoms with Crippen molar-refractivity contribution in [3.63, 3.8) is 0 Å². The topological polar surface area (TPSA) is 84.9 Å². The van der Waals surface area contributed by atoms with E-state index in [2.05, 4.69) is 5.32 Å². The van der Waals surface area contributed by atoms with Crippen molar-refractivity contribution in [3.8, 4) is 0 Å². The highest BCUT2D eigenvalue weighted by atomic mass is 32.2. The summed E-state index contributed by atoms with van der Waals surface area (Å²) in [5.74, 6) is -0.814. The van der Waals surface area contributed by atoms with Crippen LogP contribution in [0.25, 0.3) is 0 Å². The first-order chi connectivity index (χ1) is 15.1. The molecule has 0 bridgehead atoms. The molecule has 7 nitrogen and oxygen atoms in total. The number of rotatable bonds is 9. The molecule has 2 amide bonds. The molecule has 1 heterocycles. The second kappa shape index (κ2) is 11.5. The minimum Gasteiger partial charge on any atom is -0.452 e. The monoisotopic (exact) mass is 442 g/mol. The number of fused-ring (bicyclic) bond motifs is 1. The van der Waals surface area contributed by atoms with E-state index in [9.17, 15) is 14.4 Å². The van der Waals surface area contributed by atoms with E-state index in [4.69, 9.17) is 9.47 Å². The Labute approximate surface area is 186 Å². The lowest BCUT2D eigenvalue weighted by Gasteiger charge is -2.29. The number of amides is 2. The van der Waals surface area contributed by atoms with Crippen LogP contribution < -0.4 is 10.2 Å². The van der Waals surface area contributed by atoms with Crippen LogP contribution in [-0.2, 0) is 25.5 Å². The number of thioether (sulfide) groups is 1. The van der Waals surface area contributed by atoms with Crippen molar-refractivity contribution in [2.45, 2.75) is 17.7 Å². The number of esters is 1. The molecule has 31 heavy (non-hydrogen) atoms. The van der Waals surface area contributed by atoms with Gasteiger partial charge in [0.15, 0.2) is 6.61 Å². The van der Waals surface area contributed by atoms with Crippen LogP contribution in [0.5, 0.6) is 0 Å². The van der Waals surface area contributed by atoms with Gasteiger partial charge in [-0.25, -0.2) is 4.79 Å². The number of anilines is 1. The summed E-state index contributed by atoms with van der Waals surface area (Å²) < 4.78 is 10.2. The van der Waals surface area contributed by atoms with Crippen molar-refractivity contribution in [3.05, 3.63) is 59.7 Å². The van der Waals surface area contributed by atoms with Crippen LogP contribution in [0.1, 0.15) is 22.3 Å². The van der Waals surface area contributed by atoms with E-state index >= 15 is 0 Å². The summed E-state index contributed by atoms with van der Waals surface area (Å²) in [6.45, 7) is 1.15. The number of aryl methyl sites for hydroxylation is 1. The highest BCUT2D eigenvalue weighted by Crippen LogP contribution is 2.27. The van der Waals surface area contributed by atoms with E-state index in [-0.39, 0.29) is 24.2 Å². The zero-order chi connectivity index (χ0) is 22.1. The summed E-state index contributed by atoms with van der Waals surface area (Å²) in [6.07, 6.45) is 1.81. The molecular formula is C23H26N2O5S. The lowest BCUT2D eigenvalue weighted by atomic mass is 10.0. The van der Waals surface area contributed by atoms with Crippen LogP contribution in [0, 0.1) is 0 Å². The first kappa shape index (κ1) is 22.8. The largest absolute Gasteiger partial charge is 0.452 e. The molecule has 0 saturated heterocycles. The molecule has 0 fully saturated rings. The first-order valence-electron chi connectivity index (χ1n) is 10.1. The third-order valence-corrected chi connectivity index (χ3v) is 5.91. The maximum absolute atomic E-state index is 12.7. The number of carbonyl (C=O) groups is 3. The van der Waals surface area contributed by atoms with Gasteiger partial charge in [-0.15, -0.1) is 11.8 Å². The number of nitrogens with one attached hydrogen (secondary N) is 1. The fourth-order valence-corrected chi connectivity index (χ4v) is 4.19. The van der Waals surface area contributed by atoms with Crippen molar-refractivity contribution >= 4 is 35.2 Å². The molecule has 2 aromatic rings. The van der Waals surface area contributed by atoms with Crippen molar-refractivity contribution in [1.82, 2.24) is 5.32 Å². The lowest BCUT2D eigenvalue weighted by molar-refractivity contribution is -0.121. The maximum Gasteiger partial charge on any atom is 0.339 e. The molecule has 1 N–H and O–H groups in total. The van der Waals surface area contributed by atoms with E-state index in [1.54, 1.807) is 36.3 Å². The number of hydrogen-bond donors (Lipinski definition) is 1. The van der Waals surface area contributed by atoms with Crippen molar-refractivity contribution in [1.29, 1.82) is 0 Å². The Morgan fingerprint density at radius 3 is 2.71 bits per heavy atom. The molecule has 0 atom stereocenters. The number of ether oxygens (including phenoxy) is 2. The fraction of sp³-hybridized carbons (Fsp3) is 0.348. The number of hydrogen-bond acceptors (Lipinski definition) is 6. The standard InChI is InChI=1S/C23H26N2O5S/c1-29-14-12-24-21(26)16-31-20-11-5-3-9-18(20)23(28)30-15-22(27)25-13-6-8-17-7-2-4-10-19(17)25/h2-5,7,9-11H,6,8,12-16H2,1H3,(H,24,26). The zero-order valence-corrected chi connectivity index (χ0v) is 18.3. The summed E-state index contributed by atoms with van der Waals surface area (Å²) in [5, 5.41) is 2.74. The molecule has 0 spiro atoms. The van der Waals surface area contributed by atoms with E-state index in [0.29, 0.717) is 30.2 Å². The minimum atomic E-state index is -0.582. The Morgan fingerprint density at radius 1 is 1.10 bits per heavy atom. The number of methoxy groups -OCH3 is 1. The van der Waals surface area contributed by atoms with Gasteiger partial charge in [-0.2, -0.15) is 0 Å². The van der Waals surface area contributed by atoms with Crippen LogP contribution in [0.2, 0.25) is 0 Å². The van der Waals surface area contributed by atoms with Gasteiger partial charge in [-0.05, 0) is 36.6 Å². The van der Waals surface area contributed by atoms with Gasteiger partial charge < -0.3 is 19.7 Å². The molecule has 164 valence electrons. The van der Waals surface area contributed by atoms with Gasteiger partial charge in [0.1, 0.15) is 0 Å². The molecule has 0 radical (unpaired) electrons. The number of carbonyl (C=O) groups excluding carboxylic acids is 3. The molecule has 3 rings (SSSR count). The predicted molar refractivity (Wildman–Crippen MR) is 119 cm³/mol. The summed E-state index contributed by atoms with van der Waals surface area (Å²) in [5.41, 5.74) is 2.34. The normalized spacial score (nSPS) is 12.7. The SMILES string of the molecule is COCCNC(=O)CSc1ccccc1C(=O)OCC(=O)N1CCCc2ccccc21. The van der Waals surface area contributed by atoms with Gasteiger partial charge in [0.2, 0.25) is 5.91 Å². The molecular weight excluding hydrogens is 416 g/mol. The quantitative estimate of drug-likeness (QED) is 0.365. The summed E-state index contributed by atoms with van der Waals surface area (Å²) in [6, 6.07) is 14.7. The van der Waals surface area contributed by atoms with Gasteiger partial charge in [0.05, 0.1) is 17.9 Å². The molecule has 1 aliphatic heterocycles. The summed E-state index contributed by atoms with van der Waals surface area (Å²) in [7, 11) is 1.57. The van der Waals surface area contributed by atoms with Gasteiger partial charge >= 0.3 is 5.97 Å². The Balaban J connectivity index is 1.56. The third-order valence-electron chi connectivity index (χ3n) is 4.83. The van der Waals surface area contributed by atoms with Crippen LogP contribution in [0.15, 0.2) is 53.4 Å². The van der Waals surface area contributed by atoms with Gasteiger partial charge in [-0.3, -0.25) is 9.59 Å². The van der Waals surface area contributed by atoms with Crippen LogP contribution in [0.4, 0.5) is 5.69 Å². The third kappa shape index (κ3) is 6.32. The average Bonchev–Trinajstić information content (AvgIpc) is 2.81. The Bertz CT molecular complexity index is 934. The predicted octanol–water partition coefficient (Wildman–Crippen LogP) is 2.68. The number of nitrogens with zero attached hydrogens (tertiary/aromatic N) is 1. The Kier molecular flexibility index (Phi) is 8.49. The van der Waals surface area contributed by atoms with Crippen LogP contribution in [0.3, 0.4) is 0 Å². The lowest BCUT2D eigenvalue weighted by Crippen LogP contribution is -2.38. The van der Waals surface area contributed by atoms with E-state index in [1.165, 1.54) is 11.8 Å². The van der Waals surface area contributed by atoms with E-state index in [0.717, 1.165) is 24.1 Å². The van der Waals surface area contributed by atoms with Crippen LogP contribution >= 0.6 is 11.8 Å².